The summed E-state index contributed by atoms with van der Waals surface area (Å²) < 4.78 is 33.3. The summed E-state index contributed by atoms with van der Waals surface area (Å²) in [6.45, 7) is 5.47. The molecule has 0 fully saturated rings. The normalized spacial score (nSPS) is 13.4. The van der Waals surface area contributed by atoms with Gasteiger partial charge in [0.05, 0.1) is 10.9 Å². The molecule has 0 aliphatic heterocycles. The van der Waals surface area contributed by atoms with E-state index in [2.05, 4.69) is 20.7 Å². The van der Waals surface area contributed by atoms with Crippen LogP contribution in [0.5, 0.6) is 0 Å². The van der Waals surface area contributed by atoms with Gasteiger partial charge in [-0.25, -0.2) is 13.1 Å². The highest BCUT2D eigenvalue weighted by atomic mass is 79.9. The van der Waals surface area contributed by atoms with Gasteiger partial charge in [-0.2, -0.15) is 0 Å². The van der Waals surface area contributed by atoms with Gasteiger partial charge in [-0.15, -0.1) is 0 Å². The van der Waals surface area contributed by atoms with E-state index in [9.17, 15) is 8.42 Å². The lowest BCUT2D eigenvalue weighted by atomic mass is 10.2. The van der Waals surface area contributed by atoms with Crippen LogP contribution in [0.15, 0.2) is 44.1 Å². The first-order chi connectivity index (χ1) is 9.29. The van der Waals surface area contributed by atoms with E-state index in [1.54, 1.807) is 31.2 Å². The molecule has 0 aliphatic rings. The van der Waals surface area contributed by atoms with Gasteiger partial charge in [-0.05, 0) is 66.5 Å². The van der Waals surface area contributed by atoms with Crippen molar-refractivity contribution >= 4 is 26.0 Å². The van der Waals surface area contributed by atoms with Crippen molar-refractivity contribution in [3.8, 4) is 0 Å². The molecule has 108 valence electrons. The summed E-state index contributed by atoms with van der Waals surface area (Å²) in [4.78, 5) is 0.221. The van der Waals surface area contributed by atoms with Crippen molar-refractivity contribution in [3.05, 3.63) is 51.9 Å². The Morgan fingerprint density at radius 1 is 1.20 bits per heavy atom. The minimum Gasteiger partial charge on any atom is -0.465 e. The molecule has 2 aromatic rings. The molecule has 0 amide bonds. The molecule has 1 aromatic heterocycles. The lowest BCUT2D eigenvalue weighted by Crippen LogP contribution is -2.27. The molecule has 1 aromatic carbocycles. The number of hydrogen-bond donors (Lipinski definition) is 1. The largest absolute Gasteiger partial charge is 0.465 e. The maximum absolute atomic E-state index is 12.4. The zero-order chi connectivity index (χ0) is 14.9. The first-order valence-corrected chi connectivity index (χ1v) is 8.42. The van der Waals surface area contributed by atoms with Crippen molar-refractivity contribution in [2.24, 2.45) is 0 Å². The lowest BCUT2D eigenvalue weighted by molar-refractivity contribution is 0.441. The van der Waals surface area contributed by atoms with Crippen LogP contribution in [0.1, 0.15) is 30.0 Å². The van der Waals surface area contributed by atoms with Crippen LogP contribution in [-0.4, -0.2) is 8.42 Å². The van der Waals surface area contributed by atoms with Crippen LogP contribution in [0, 0.1) is 13.8 Å². The summed E-state index contributed by atoms with van der Waals surface area (Å²) >= 11 is 3.29. The molecule has 20 heavy (non-hydrogen) atoms. The predicted octanol–water partition coefficient (Wildman–Crippen LogP) is 3.70. The van der Waals surface area contributed by atoms with Crippen LogP contribution < -0.4 is 4.72 Å². The number of rotatable bonds is 4. The van der Waals surface area contributed by atoms with Gasteiger partial charge in [0.1, 0.15) is 11.5 Å². The van der Waals surface area contributed by atoms with Crippen LogP contribution >= 0.6 is 15.9 Å². The Kier molecular flexibility index (Phi) is 4.36. The van der Waals surface area contributed by atoms with Gasteiger partial charge in [0.25, 0.3) is 0 Å². The van der Waals surface area contributed by atoms with E-state index in [4.69, 9.17) is 4.42 Å². The highest BCUT2D eigenvalue weighted by molar-refractivity contribution is 9.10. The van der Waals surface area contributed by atoms with Crippen LogP contribution in [0.25, 0.3) is 0 Å². The maximum Gasteiger partial charge on any atom is 0.242 e. The molecule has 4 nitrogen and oxygen atoms in total. The SMILES string of the molecule is Cc1ccc(S(=O)(=O)N[C@@H](C)c2ccc(C)o2)c(Br)c1. The molecule has 0 unspecified atom stereocenters. The van der Waals surface area contributed by atoms with Crippen molar-refractivity contribution < 1.29 is 12.8 Å². The van der Waals surface area contributed by atoms with E-state index in [1.807, 2.05) is 19.9 Å². The smallest absolute Gasteiger partial charge is 0.242 e. The van der Waals surface area contributed by atoms with Gasteiger partial charge in [-0.1, -0.05) is 6.07 Å². The first-order valence-electron chi connectivity index (χ1n) is 6.14. The number of nitrogens with one attached hydrogen (secondary N) is 1. The molecule has 0 spiro atoms. The number of benzene rings is 1. The summed E-state index contributed by atoms with van der Waals surface area (Å²) in [5.41, 5.74) is 0.991. The molecule has 1 atom stereocenters. The van der Waals surface area contributed by atoms with E-state index in [0.29, 0.717) is 10.2 Å². The third kappa shape index (κ3) is 3.31. The number of hydrogen-bond acceptors (Lipinski definition) is 3. The topological polar surface area (TPSA) is 59.3 Å². The molecule has 6 heteroatoms. The molecule has 1 N–H and O–H groups in total. The van der Waals surface area contributed by atoms with E-state index in [-0.39, 0.29) is 4.90 Å². The highest BCUT2D eigenvalue weighted by Gasteiger charge is 2.22. The molecular formula is C14H16BrNO3S. The van der Waals surface area contributed by atoms with Crippen molar-refractivity contribution in [3.63, 3.8) is 0 Å². The van der Waals surface area contributed by atoms with Crippen LogP contribution in [-0.2, 0) is 10.0 Å². The van der Waals surface area contributed by atoms with E-state index in [0.717, 1.165) is 11.3 Å². The lowest BCUT2D eigenvalue weighted by Gasteiger charge is -2.13. The molecule has 0 saturated heterocycles. The van der Waals surface area contributed by atoms with E-state index in [1.165, 1.54) is 0 Å². The average Bonchev–Trinajstić information content (AvgIpc) is 2.74. The zero-order valence-electron chi connectivity index (χ0n) is 11.5. The fourth-order valence-electron chi connectivity index (χ4n) is 1.86. The molecule has 0 saturated carbocycles. The quantitative estimate of drug-likeness (QED) is 0.907. The van der Waals surface area contributed by atoms with Gasteiger partial charge < -0.3 is 4.42 Å². The van der Waals surface area contributed by atoms with E-state index >= 15 is 0 Å². The van der Waals surface area contributed by atoms with Gasteiger partial charge in [0.2, 0.25) is 10.0 Å². The van der Waals surface area contributed by atoms with Crippen LogP contribution in [0.3, 0.4) is 0 Å². The Balaban J connectivity index is 2.27. The summed E-state index contributed by atoms with van der Waals surface area (Å²) in [6.07, 6.45) is 0. The van der Waals surface area contributed by atoms with Crippen LogP contribution in [0.2, 0.25) is 0 Å². The number of furan rings is 1. The molecule has 0 aliphatic carbocycles. The monoisotopic (exact) mass is 357 g/mol. The Hall–Kier alpha value is -1.11. The Morgan fingerprint density at radius 3 is 2.45 bits per heavy atom. The predicted molar refractivity (Wildman–Crippen MR) is 81.1 cm³/mol. The van der Waals surface area contributed by atoms with Gasteiger partial charge in [0.15, 0.2) is 0 Å². The fraction of sp³-hybridized carbons (Fsp3) is 0.286. The van der Waals surface area contributed by atoms with Crippen molar-refractivity contribution in [2.45, 2.75) is 31.7 Å². The minimum atomic E-state index is -3.60. The van der Waals surface area contributed by atoms with Crippen molar-refractivity contribution in [2.75, 3.05) is 0 Å². The van der Waals surface area contributed by atoms with Gasteiger partial charge in [-0.3, -0.25) is 0 Å². The zero-order valence-corrected chi connectivity index (χ0v) is 13.9. The molecular weight excluding hydrogens is 342 g/mol. The number of halogens is 1. The molecule has 0 bridgehead atoms. The minimum absolute atomic E-state index is 0.221. The Bertz CT molecular complexity index is 722. The van der Waals surface area contributed by atoms with Gasteiger partial charge >= 0.3 is 0 Å². The van der Waals surface area contributed by atoms with Crippen molar-refractivity contribution in [1.29, 1.82) is 0 Å². The third-order valence-electron chi connectivity index (χ3n) is 2.90. The maximum atomic E-state index is 12.4. The van der Waals surface area contributed by atoms with Crippen LogP contribution in [0.4, 0.5) is 0 Å². The summed E-state index contributed by atoms with van der Waals surface area (Å²) in [6, 6.07) is 8.27. The Morgan fingerprint density at radius 2 is 1.90 bits per heavy atom. The summed E-state index contributed by atoms with van der Waals surface area (Å²) in [5, 5.41) is 0. The average molecular weight is 358 g/mol. The second-order valence-electron chi connectivity index (χ2n) is 4.73. The Labute approximate surface area is 127 Å². The summed E-state index contributed by atoms with van der Waals surface area (Å²) in [5.74, 6) is 1.34. The molecule has 0 radical (unpaired) electrons. The second-order valence-corrected chi connectivity index (χ2v) is 7.26. The third-order valence-corrected chi connectivity index (χ3v) is 5.41. The summed E-state index contributed by atoms with van der Waals surface area (Å²) in [7, 11) is -3.60. The van der Waals surface area contributed by atoms with Gasteiger partial charge in [0, 0.05) is 4.47 Å². The number of sulfonamides is 1. The first kappa shape index (κ1) is 15.3. The standard InChI is InChI=1S/C14H16BrNO3S/c1-9-4-7-14(12(15)8-9)20(17,18)16-11(3)13-6-5-10(2)19-13/h4-8,11,16H,1-3H3/t11-/m0/s1. The fourth-order valence-corrected chi connectivity index (χ4v) is 4.27. The molecule has 2 rings (SSSR count). The van der Waals surface area contributed by atoms with E-state index < -0.39 is 16.1 Å². The van der Waals surface area contributed by atoms with Crippen molar-refractivity contribution in [1.82, 2.24) is 4.72 Å². The number of aryl methyl sites for hydroxylation is 2. The highest BCUT2D eigenvalue weighted by Crippen LogP contribution is 2.25. The second kappa shape index (κ2) is 5.71. The molecule has 1 heterocycles.